The molecular formula is C12H14N2S. The molecule has 2 aromatic rings. The number of aromatic nitrogens is 1. The van der Waals surface area contributed by atoms with Crippen LogP contribution in [0, 0.1) is 13.8 Å². The van der Waals surface area contributed by atoms with Gasteiger partial charge in [0.05, 0.1) is 5.69 Å². The first-order valence-corrected chi connectivity index (χ1v) is 5.79. The Bertz CT molecular complexity index is 474. The van der Waals surface area contributed by atoms with Crippen molar-refractivity contribution >= 4 is 16.5 Å². The lowest BCUT2D eigenvalue weighted by atomic mass is 10.0. The first kappa shape index (κ1) is 10.2. The van der Waals surface area contributed by atoms with Crippen LogP contribution in [0.5, 0.6) is 0 Å². The fourth-order valence-corrected chi connectivity index (χ4v) is 2.09. The van der Waals surface area contributed by atoms with Crippen LogP contribution >= 0.6 is 11.3 Å². The van der Waals surface area contributed by atoms with E-state index in [9.17, 15) is 0 Å². The van der Waals surface area contributed by atoms with Crippen LogP contribution in [0.1, 0.15) is 22.4 Å². The van der Waals surface area contributed by atoms with Crippen molar-refractivity contribution in [1.82, 2.24) is 4.98 Å². The lowest BCUT2D eigenvalue weighted by Crippen LogP contribution is -1.91. The topological polar surface area (TPSA) is 38.9 Å². The Kier molecular flexibility index (Phi) is 2.73. The van der Waals surface area contributed by atoms with E-state index in [0.29, 0.717) is 5.13 Å². The first-order chi connectivity index (χ1) is 7.15. The predicted octanol–water partition coefficient (Wildman–Crippen LogP) is 2.93. The van der Waals surface area contributed by atoms with Gasteiger partial charge in [-0.3, -0.25) is 0 Å². The number of thiazole rings is 1. The molecule has 0 aliphatic rings. The molecule has 3 heteroatoms. The molecule has 0 unspecified atom stereocenters. The molecule has 15 heavy (non-hydrogen) atoms. The number of nitrogens with two attached hydrogens (primary N) is 1. The summed E-state index contributed by atoms with van der Waals surface area (Å²) in [5, 5.41) is 2.67. The summed E-state index contributed by atoms with van der Waals surface area (Å²) in [5.74, 6) is 0. The Labute approximate surface area is 93.8 Å². The van der Waals surface area contributed by atoms with Gasteiger partial charge in [-0.05, 0) is 30.5 Å². The molecule has 0 aliphatic heterocycles. The summed E-state index contributed by atoms with van der Waals surface area (Å²) < 4.78 is 0. The van der Waals surface area contributed by atoms with Crippen molar-refractivity contribution in [2.75, 3.05) is 5.73 Å². The van der Waals surface area contributed by atoms with Crippen molar-refractivity contribution in [2.45, 2.75) is 20.3 Å². The average molecular weight is 218 g/mol. The number of nitrogens with zero attached hydrogens (tertiary/aromatic N) is 1. The summed E-state index contributed by atoms with van der Waals surface area (Å²) in [7, 11) is 0. The third kappa shape index (κ3) is 2.36. The third-order valence-corrected chi connectivity index (χ3v) is 3.25. The highest BCUT2D eigenvalue weighted by Gasteiger charge is 2.01. The van der Waals surface area contributed by atoms with Gasteiger partial charge in [0.2, 0.25) is 0 Å². The maximum Gasteiger partial charge on any atom is 0.180 e. The lowest BCUT2D eigenvalue weighted by Gasteiger charge is -2.03. The fourth-order valence-electron chi connectivity index (χ4n) is 1.53. The van der Waals surface area contributed by atoms with E-state index in [2.05, 4.69) is 37.0 Å². The van der Waals surface area contributed by atoms with Crippen molar-refractivity contribution in [1.29, 1.82) is 0 Å². The molecule has 0 radical (unpaired) electrons. The molecule has 1 aromatic heterocycles. The number of benzene rings is 1. The van der Waals surface area contributed by atoms with E-state index in [-0.39, 0.29) is 0 Å². The third-order valence-electron chi connectivity index (χ3n) is 2.53. The summed E-state index contributed by atoms with van der Waals surface area (Å²) in [5.41, 5.74) is 10.6. The summed E-state index contributed by atoms with van der Waals surface area (Å²) in [6.07, 6.45) is 0.870. The van der Waals surface area contributed by atoms with Crippen LogP contribution < -0.4 is 5.73 Å². The summed E-state index contributed by atoms with van der Waals surface area (Å²) in [4.78, 5) is 4.25. The van der Waals surface area contributed by atoms with Crippen LogP contribution in [0.15, 0.2) is 23.6 Å². The zero-order valence-corrected chi connectivity index (χ0v) is 9.77. The monoisotopic (exact) mass is 218 g/mol. The SMILES string of the molecule is Cc1ccc(Cc2csc(N)n2)cc1C. The van der Waals surface area contributed by atoms with Gasteiger partial charge >= 0.3 is 0 Å². The van der Waals surface area contributed by atoms with Crippen molar-refractivity contribution in [3.63, 3.8) is 0 Å². The van der Waals surface area contributed by atoms with Gasteiger partial charge in [-0.15, -0.1) is 11.3 Å². The molecule has 2 N–H and O–H groups in total. The molecular weight excluding hydrogens is 204 g/mol. The lowest BCUT2D eigenvalue weighted by molar-refractivity contribution is 1.10. The van der Waals surface area contributed by atoms with Gasteiger partial charge in [0.15, 0.2) is 5.13 Å². The van der Waals surface area contributed by atoms with Crippen LogP contribution in [0.25, 0.3) is 0 Å². The van der Waals surface area contributed by atoms with E-state index in [1.54, 1.807) is 0 Å². The smallest absolute Gasteiger partial charge is 0.180 e. The van der Waals surface area contributed by atoms with Crippen molar-refractivity contribution in [3.8, 4) is 0 Å². The number of aryl methyl sites for hydroxylation is 2. The minimum Gasteiger partial charge on any atom is -0.375 e. The Morgan fingerprint density at radius 2 is 2.07 bits per heavy atom. The molecule has 2 nitrogen and oxygen atoms in total. The van der Waals surface area contributed by atoms with Gasteiger partial charge in [0, 0.05) is 11.8 Å². The second-order valence-electron chi connectivity index (χ2n) is 3.77. The zero-order valence-electron chi connectivity index (χ0n) is 8.95. The molecule has 78 valence electrons. The second-order valence-corrected chi connectivity index (χ2v) is 4.66. The highest BCUT2D eigenvalue weighted by atomic mass is 32.1. The standard InChI is InChI=1S/C12H14N2S/c1-8-3-4-10(5-9(8)2)6-11-7-15-12(13)14-11/h3-5,7H,6H2,1-2H3,(H2,13,14). The van der Waals surface area contributed by atoms with Crippen molar-refractivity contribution < 1.29 is 0 Å². The molecule has 0 aliphatic carbocycles. The van der Waals surface area contributed by atoms with E-state index >= 15 is 0 Å². The van der Waals surface area contributed by atoms with Gasteiger partial charge in [0.25, 0.3) is 0 Å². The van der Waals surface area contributed by atoms with E-state index in [4.69, 9.17) is 5.73 Å². The van der Waals surface area contributed by atoms with E-state index in [1.807, 2.05) is 5.38 Å². The number of nitrogen functional groups attached to an aromatic ring is 1. The summed E-state index contributed by atoms with van der Waals surface area (Å²) >= 11 is 1.50. The number of anilines is 1. The predicted molar refractivity (Wildman–Crippen MR) is 65.2 cm³/mol. The second kappa shape index (κ2) is 4.03. The van der Waals surface area contributed by atoms with Gasteiger partial charge in [-0.1, -0.05) is 18.2 Å². The maximum atomic E-state index is 5.59. The average Bonchev–Trinajstić information content (AvgIpc) is 2.58. The first-order valence-electron chi connectivity index (χ1n) is 4.91. The van der Waals surface area contributed by atoms with Crippen LogP contribution in [0.2, 0.25) is 0 Å². The Morgan fingerprint density at radius 1 is 1.27 bits per heavy atom. The minimum absolute atomic E-state index is 0.647. The van der Waals surface area contributed by atoms with E-state index in [0.717, 1.165) is 12.1 Å². The Balaban J connectivity index is 2.21. The van der Waals surface area contributed by atoms with Gasteiger partial charge in [-0.25, -0.2) is 4.98 Å². The molecule has 1 heterocycles. The van der Waals surface area contributed by atoms with Gasteiger partial charge in [-0.2, -0.15) is 0 Å². The molecule has 0 amide bonds. The van der Waals surface area contributed by atoms with Gasteiger partial charge < -0.3 is 5.73 Å². The molecule has 0 saturated heterocycles. The highest BCUT2D eigenvalue weighted by molar-refractivity contribution is 7.13. The molecule has 0 atom stereocenters. The molecule has 0 saturated carbocycles. The highest BCUT2D eigenvalue weighted by Crippen LogP contribution is 2.17. The number of hydrogen-bond donors (Lipinski definition) is 1. The largest absolute Gasteiger partial charge is 0.375 e. The van der Waals surface area contributed by atoms with Crippen LogP contribution in [0.3, 0.4) is 0 Å². The Morgan fingerprint density at radius 3 is 2.67 bits per heavy atom. The Hall–Kier alpha value is -1.35. The van der Waals surface area contributed by atoms with E-state index in [1.165, 1.54) is 28.0 Å². The number of hydrogen-bond acceptors (Lipinski definition) is 3. The molecule has 0 fully saturated rings. The minimum atomic E-state index is 0.647. The van der Waals surface area contributed by atoms with Crippen LogP contribution in [-0.2, 0) is 6.42 Å². The number of rotatable bonds is 2. The summed E-state index contributed by atoms with van der Waals surface area (Å²) in [6.45, 7) is 4.26. The molecule has 0 spiro atoms. The van der Waals surface area contributed by atoms with E-state index < -0.39 is 0 Å². The fraction of sp³-hybridized carbons (Fsp3) is 0.250. The molecule has 2 rings (SSSR count). The normalized spacial score (nSPS) is 10.5. The maximum absolute atomic E-state index is 5.59. The summed E-state index contributed by atoms with van der Waals surface area (Å²) in [6, 6.07) is 6.52. The van der Waals surface area contributed by atoms with Crippen LogP contribution in [-0.4, -0.2) is 4.98 Å². The van der Waals surface area contributed by atoms with Crippen LogP contribution in [0.4, 0.5) is 5.13 Å². The van der Waals surface area contributed by atoms with Crippen molar-refractivity contribution in [3.05, 3.63) is 46.0 Å². The molecule has 0 bridgehead atoms. The molecule has 1 aromatic carbocycles. The van der Waals surface area contributed by atoms with Gasteiger partial charge in [0.1, 0.15) is 0 Å². The quantitative estimate of drug-likeness (QED) is 0.841. The zero-order chi connectivity index (χ0) is 10.8. The van der Waals surface area contributed by atoms with Crippen molar-refractivity contribution in [2.24, 2.45) is 0 Å².